The van der Waals surface area contributed by atoms with E-state index in [9.17, 15) is 24.0 Å². The van der Waals surface area contributed by atoms with Crippen LogP contribution >= 0.6 is 0 Å². The molecule has 0 bridgehead atoms. The number of unbranched alkanes of at least 4 members (excludes halogenated alkanes) is 22. The monoisotopic (exact) mass is 881 g/mol. The van der Waals surface area contributed by atoms with Crippen LogP contribution in [0.15, 0.2) is 0 Å². The van der Waals surface area contributed by atoms with Gasteiger partial charge in [0.15, 0.2) is 18.3 Å². The first kappa shape index (κ1) is 57.3. The quantitative estimate of drug-likeness (QED) is 0.0349. The van der Waals surface area contributed by atoms with Crippen molar-refractivity contribution in [3.05, 3.63) is 0 Å². The molecule has 1 rings (SSSR count). The molecule has 0 aromatic carbocycles. The van der Waals surface area contributed by atoms with Crippen LogP contribution in [0.4, 0.5) is 0 Å². The maximum atomic E-state index is 13.5. The minimum absolute atomic E-state index is 0.0981. The topological polar surface area (TPSA) is 170 Å². The van der Waals surface area contributed by atoms with Gasteiger partial charge in [-0.3, -0.25) is 24.0 Å². The number of nitrogens with one attached hydrogen (secondary N) is 1. The lowest BCUT2D eigenvalue weighted by Crippen LogP contribution is -2.64. The van der Waals surface area contributed by atoms with Crippen LogP contribution in [0.3, 0.4) is 0 Å². The summed E-state index contributed by atoms with van der Waals surface area (Å²) in [6, 6.07) is -1.06. The molecule has 1 unspecified atom stereocenters. The van der Waals surface area contributed by atoms with E-state index < -0.39 is 66.5 Å². The van der Waals surface area contributed by atoms with Crippen molar-refractivity contribution >= 4 is 29.8 Å². The van der Waals surface area contributed by atoms with Crippen LogP contribution in [0.2, 0.25) is 0 Å². The van der Waals surface area contributed by atoms with Crippen molar-refractivity contribution in [1.82, 2.24) is 5.32 Å². The summed E-state index contributed by atoms with van der Waals surface area (Å²) in [6.07, 6.45) is 27.2. The fraction of sp³-hybridized carbons (Fsp3) is 0.900. The number of hydrogen-bond donors (Lipinski definition) is 2. The molecular weight excluding hydrogens is 789 g/mol. The summed E-state index contributed by atoms with van der Waals surface area (Å²) in [5, 5.41) is 3.15. The van der Waals surface area contributed by atoms with Crippen molar-refractivity contribution in [2.24, 2.45) is 11.1 Å². The number of rotatable bonds is 36. The van der Waals surface area contributed by atoms with Crippen LogP contribution in [-0.2, 0) is 47.7 Å². The highest BCUT2D eigenvalue weighted by Gasteiger charge is 2.52. The van der Waals surface area contributed by atoms with Crippen LogP contribution in [0, 0.1) is 5.41 Å². The number of esters is 4. The molecule has 1 aliphatic heterocycles. The minimum Gasteiger partial charge on any atom is -0.463 e. The second-order valence-electron chi connectivity index (χ2n) is 19.3. The fourth-order valence-electron chi connectivity index (χ4n) is 8.52. The molecule has 1 saturated heterocycles. The third kappa shape index (κ3) is 29.6. The molecule has 0 aliphatic carbocycles. The Kier molecular flexibility index (Phi) is 32.0. The number of carbonyl (C=O) groups excluding carboxylic acids is 5. The van der Waals surface area contributed by atoms with Crippen LogP contribution < -0.4 is 11.1 Å². The lowest BCUT2D eigenvalue weighted by Gasteiger charge is -2.45. The number of nitrogens with two attached hydrogens (primary N) is 1. The van der Waals surface area contributed by atoms with E-state index in [0.29, 0.717) is 12.8 Å². The first-order valence-electron chi connectivity index (χ1n) is 24.9. The Balaban J connectivity index is 2.62. The smallest absolute Gasteiger partial charge is 0.303 e. The third-order valence-corrected chi connectivity index (χ3v) is 11.9. The summed E-state index contributed by atoms with van der Waals surface area (Å²) in [7, 11) is 0. The molecule has 0 aromatic heterocycles. The average molecular weight is 881 g/mol. The molecule has 62 heavy (non-hydrogen) atoms. The van der Waals surface area contributed by atoms with Crippen molar-refractivity contribution in [2.75, 3.05) is 6.61 Å². The standard InChI is InChI=1S/C50H92N2O10/c1-9-10-11-12-13-14-15-16-17-18-19-20-21-22-23-24-25-26-27-28-29-30-31-34-46(57)52-43(42(51)33-32-35-50(6,7)8)36-44-47(59-39(3)54)49(61-41(5)56)48(60-40(4)55)45(62-44)37-58-38(2)53/h42-45,47-49H,9-37,51H2,1-8H3,(H,52,57)/t42-,43-,44?,45-,47+,48+,49-/m1/s1. The number of hydrogen-bond acceptors (Lipinski definition) is 11. The average Bonchev–Trinajstić information content (AvgIpc) is 3.18. The Labute approximate surface area is 377 Å². The maximum Gasteiger partial charge on any atom is 0.303 e. The number of carbonyl (C=O) groups is 5. The molecule has 1 fully saturated rings. The maximum absolute atomic E-state index is 13.5. The zero-order valence-corrected chi connectivity index (χ0v) is 40.7. The van der Waals surface area contributed by atoms with Crippen molar-refractivity contribution in [3.8, 4) is 0 Å². The highest BCUT2D eigenvalue weighted by atomic mass is 16.7. The summed E-state index contributed by atoms with van der Waals surface area (Å²) < 4.78 is 28.5. The van der Waals surface area contributed by atoms with Gasteiger partial charge in [0.2, 0.25) is 5.91 Å². The molecule has 0 spiro atoms. The van der Waals surface area contributed by atoms with E-state index in [1.807, 2.05) is 0 Å². The van der Waals surface area contributed by atoms with Gasteiger partial charge in [-0.15, -0.1) is 0 Å². The third-order valence-electron chi connectivity index (χ3n) is 11.9. The lowest BCUT2D eigenvalue weighted by molar-refractivity contribution is -0.254. The molecule has 12 nitrogen and oxygen atoms in total. The van der Waals surface area contributed by atoms with Gasteiger partial charge >= 0.3 is 23.9 Å². The lowest BCUT2D eigenvalue weighted by atomic mass is 9.86. The van der Waals surface area contributed by atoms with Gasteiger partial charge in [0.25, 0.3) is 0 Å². The first-order valence-corrected chi connectivity index (χ1v) is 24.9. The SMILES string of the molecule is CCCCCCCCCCCCCCCCCCCCCCCCCC(=O)N[C@H](CC1O[C@H](COC(C)=O)[C@H](OC(C)=O)[C@H](OC(C)=O)[C@H]1OC(C)=O)[C@H](N)CCCC(C)(C)C. The van der Waals surface area contributed by atoms with Crippen LogP contribution in [0.1, 0.15) is 235 Å². The van der Waals surface area contributed by atoms with E-state index >= 15 is 0 Å². The Morgan fingerprint density at radius 3 is 1.32 bits per heavy atom. The van der Waals surface area contributed by atoms with Crippen molar-refractivity contribution in [1.29, 1.82) is 0 Å². The van der Waals surface area contributed by atoms with Crippen molar-refractivity contribution < 1.29 is 47.7 Å². The summed E-state index contributed by atoms with van der Waals surface area (Å²) in [6.45, 7) is 13.3. The molecule has 362 valence electrons. The van der Waals surface area contributed by atoms with E-state index in [1.54, 1.807) is 0 Å². The zero-order chi connectivity index (χ0) is 46.2. The van der Waals surface area contributed by atoms with Crippen molar-refractivity contribution in [3.63, 3.8) is 0 Å². The van der Waals surface area contributed by atoms with Gasteiger partial charge < -0.3 is 34.7 Å². The summed E-state index contributed by atoms with van der Waals surface area (Å²) >= 11 is 0. The van der Waals surface area contributed by atoms with Gasteiger partial charge in [-0.05, 0) is 31.1 Å². The van der Waals surface area contributed by atoms with Gasteiger partial charge in [0.1, 0.15) is 18.8 Å². The van der Waals surface area contributed by atoms with Crippen molar-refractivity contribution in [2.45, 2.75) is 278 Å². The van der Waals surface area contributed by atoms with E-state index in [4.69, 9.17) is 29.4 Å². The van der Waals surface area contributed by atoms with Gasteiger partial charge in [0.05, 0.1) is 0 Å². The summed E-state index contributed by atoms with van der Waals surface area (Å²) in [5.74, 6) is -2.78. The number of amides is 1. The fourth-order valence-corrected chi connectivity index (χ4v) is 8.52. The van der Waals surface area contributed by atoms with E-state index in [1.165, 1.54) is 156 Å². The van der Waals surface area contributed by atoms with Gasteiger partial charge in [-0.2, -0.15) is 0 Å². The van der Waals surface area contributed by atoms with E-state index in [0.717, 1.165) is 32.1 Å². The zero-order valence-electron chi connectivity index (χ0n) is 40.7. The number of ether oxygens (including phenoxy) is 5. The molecule has 0 aromatic rings. The predicted molar refractivity (Wildman–Crippen MR) is 246 cm³/mol. The Hall–Kier alpha value is -2.73. The minimum atomic E-state index is -1.28. The molecule has 7 atom stereocenters. The molecule has 1 heterocycles. The summed E-state index contributed by atoms with van der Waals surface area (Å²) in [5.41, 5.74) is 6.92. The second kappa shape index (κ2) is 34.6. The first-order chi connectivity index (χ1) is 29.5. The molecular formula is C50H92N2O10. The Morgan fingerprint density at radius 2 is 0.935 bits per heavy atom. The molecule has 0 saturated carbocycles. The van der Waals surface area contributed by atoms with Gasteiger partial charge in [0, 0.05) is 46.2 Å². The van der Waals surface area contributed by atoms with Crippen LogP contribution in [0.5, 0.6) is 0 Å². The van der Waals surface area contributed by atoms with E-state index in [-0.39, 0.29) is 24.3 Å². The Bertz CT molecular complexity index is 1220. The van der Waals surface area contributed by atoms with Crippen LogP contribution in [-0.4, -0.2) is 79.0 Å². The molecule has 1 aliphatic rings. The predicted octanol–water partition coefficient (Wildman–Crippen LogP) is 10.9. The molecule has 12 heteroatoms. The molecule has 1 amide bonds. The van der Waals surface area contributed by atoms with Gasteiger partial charge in [-0.1, -0.05) is 175 Å². The van der Waals surface area contributed by atoms with Crippen LogP contribution in [0.25, 0.3) is 0 Å². The molecule has 3 N–H and O–H groups in total. The molecule has 0 radical (unpaired) electrons. The Morgan fingerprint density at radius 1 is 0.548 bits per heavy atom. The highest BCUT2D eigenvalue weighted by molar-refractivity contribution is 5.76. The van der Waals surface area contributed by atoms with E-state index in [2.05, 4.69) is 33.0 Å². The summed E-state index contributed by atoms with van der Waals surface area (Å²) in [4.78, 5) is 62.2. The normalized spacial score (nSPS) is 19.9. The highest BCUT2D eigenvalue weighted by Crippen LogP contribution is 2.32. The second-order valence-corrected chi connectivity index (χ2v) is 19.3. The largest absolute Gasteiger partial charge is 0.463 e. The van der Waals surface area contributed by atoms with Gasteiger partial charge in [-0.25, -0.2) is 0 Å².